The van der Waals surface area contributed by atoms with Crippen molar-refractivity contribution < 1.29 is 9.72 Å². The van der Waals surface area contributed by atoms with Gasteiger partial charge in [-0.15, -0.1) is 0 Å². The maximum absolute atomic E-state index is 12.4. The van der Waals surface area contributed by atoms with Crippen LogP contribution in [0.4, 0.5) is 27.5 Å². The number of nitro benzene ring substituents is 1. The topological polar surface area (TPSA) is 87.5 Å². The number of nitrogens with one attached hydrogen (secondary N) is 2. The predicted molar refractivity (Wildman–Crippen MR) is 100 cm³/mol. The number of para-hydroxylation sites is 2. The molecule has 0 unspecified atom stereocenters. The van der Waals surface area contributed by atoms with Crippen molar-refractivity contribution in [2.24, 2.45) is 0 Å². The molecule has 0 aliphatic rings. The zero-order valence-corrected chi connectivity index (χ0v) is 13.7. The van der Waals surface area contributed by atoms with E-state index in [4.69, 9.17) is 0 Å². The van der Waals surface area contributed by atoms with Crippen LogP contribution in [0.15, 0.2) is 84.9 Å². The Bertz CT molecular complexity index is 844. The monoisotopic (exact) mass is 348 g/mol. The summed E-state index contributed by atoms with van der Waals surface area (Å²) in [6, 6.07) is 23.9. The fourth-order valence-electron chi connectivity index (χ4n) is 2.36. The Morgan fingerprint density at radius 2 is 1.31 bits per heavy atom. The minimum Gasteiger partial charge on any atom is -0.307 e. The van der Waals surface area contributed by atoms with Gasteiger partial charge in [-0.3, -0.25) is 15.1 Å². The molecule has 26 heavy (non-hydrogen) atoms. The van der Waals surface area contributed by atoms with Crippen molar-refractivity contribution in [3.63, 3.8) is 0 Å². The molecule has 0 aliphatic carbocycles. The Kier molecular flexibility index (Phi) is 5.09. The quantitative estimate of drug-likeness (QED) is 0.526. The van der Waals surface area contributed by atoms with Crippen molar-refractivity contribution in [3.05, 3.63) is 95.0 Å². The molecule has 2 N–H and O–H groups in total. The fourth-order valence-corrected chi connectivity index (χ4v) is 2.36. The molecule has 130 valence electrons. The maximum Gasteiger partial charge on any atom is 0.338 e. The van der Waals surface area contributed by atoms with Gasteiger partial charge in [0.2, 0.25) is 0 Å². The molecule has 7 nitrogen and oxygen atoms in total. The first-order valence-electron chi connectivity index (χ1n) is 7.86. The molecule has 0 atom stereocenters. The Hall–Kier alpha value is -3.87. The average Bonchev–Trinajstić information content (AvgIpc) is 2.68. The number of hydrazine groups is 1. The second-order valence-electron chi connectivity index (χ2n) is 5.38. The van der Waals surface area contributed by atoms with E-state index >= 15 is 0 Å². The smallest absolute Gasteiger partial charge is 0.307 e. The highest BCUT2D eigenvalue weighted by Crippen LogP contribution is 2.22. The summed E-state index contributed by atoms with van der Waals surface area (Å²) in [7, 11) is 0. The average molecular weight is 348 g/mol. The molecular formula is C19H16N4O3. The van der Waals surface area contributed by atoms with Crippen molar-refractivity contribution in [2.75, 3.05) is 10.3 Å². The lowest BCUT2D eigenvalue weighted by Crippen LogP contribution is -2.41. The van der Waals surface area contributed by atoms with Gasteiger partial charge >= 0.3 is 6.03 Å². The molecule has 3 aromatic carbocycles. The van der Waals surface area contributed by atoms with Gasteiger partial charge in [-0.25, -0.2) is 10.2 Å². The molecular weight excluding hydrogens is 332 g/mol. The summed E-state index contributed by atoms with van der Waals surface area (Å²) in [5, 5.41) is 15.0. The van der Waals surface area contributed by atoms with Crippen molar-refractivity contribution >= 4 is 28.8 Å². The van der Waals surface area contributed by atoms with Crippen LogP contribution in [0.5, 0.6) is 0 Å². The largest absolute Gasteiger partial charge is 0.338 e. The highest BCUT2D eigenvalue weighted by Gasteiger charge is 2.13. The molecule has 3 aromatic rings. The number of hydrogen-bond acceptors (Lipinski definition) is 4. The molecule has 2 amide bonds. The zero-order chi connectivity index (χ0) is 18.4. The van der Waals surface area contributed by atoms with E-state index in [0.717, 1.165) is 11.4 Å². The van der Waals surface area contributed by atoms with Gasteiger partial charge in [0.25, 0.3) is 5.69 Å². The molecule has 0 saturated heterocycles. The summed E-state index contributed by atoms with van der Waals surface area (Å²) in [5.41, 5.74) is 4.78. The first-order valence-corrected chi connectivity index (χ1v) is 7.86. The number of non-ortho nitro benzene ring substituents is 1. The standard InChI is InChI=1S/C19H16N4O3/c24-19(20-15-11-13-18(14-12-15)23(25)26)21-22(16-7-3-1-4-8-16)17-9-5-2-6-10-17/h1-14H,(H2,20,21,24). The second kappa shape index (κ2) is 7.80. The number of benzene rings is 3. The van der Waals surface area contributed by atoms with E-state index in [-0.39, 0.29) is 5.69 Å². The molecule has 7 heteroatoms. The van der Waals surface area contributed by atoms with Gasteiger partial charge in [0.05, 0.1) is 16.3 Å². The maximum atomic E-state index is 12.4. The Morgan fingerprint density at radius 1 is 0.808 bits per heavy atom. The minimum atomic E-state index is -0.490. The third kappa shape index (κ3) is 4.15. The van der Waals surface area contributed by atoms with Crippen LogP contribution in [0, 0.1) is 10.1 Å². The molecule has 0 saturated carbocycles. The molecule has 0 heterocycles. The molecule has 0 aromatic heterocycles. The van der Waals surface area contributed by atoms with Gasteiger partial charge < -0.3 is 5.32 Å². The number of carbonyl (C=O) groups excluding carboxylic acids is 1. The van der Waals surface area contributed by atoms with Crippen LogP contribution < -0.4 is 15.8 Å². The highest BCUT2D eigenvalue weighted by atomic mass is 16.6. The van der Waals surface area contributed by atoms with Crippen LogP contribution in [0.25, 0.3) is 0 Å². The number of rotatable bonds is 5. The number of carbonyl (C=O) groups is 1. The summed E-state index contributed by atoms with van der Waals surface area (Å²) in [6.07, 6.45) is 0. The van der Waals surface area contributed by atoms with E-state index in [0.29, 0.717) is 5.69 Å². The van der Waals surface area contributed by atoms with E-state index in [2.05, 4.69) is 10.7 Å². The van der Waals surface area contributed by atoms with Crippen molar-refractivity contribution in [2.45, 2.75) is 0 Å². The van der Waals surface area contributed by atoms with Crippen LogP contribution in [-0.2, 0) is 0 Å². The summed E-state index contributed by atoms with van der Waals surface area (Å²) < 4.78 is 0. The van der Waals surface area contributed by atoms with Gasteiger partial charge in [0.15, 0.2) is 0 Å². The Balaban J connectivity index is 1.76. The molecule has 0 radical (unpaired) electrons. The Morgan fingerprint density at radius 3 is 1.77 bits per heavy atom. The van der Waals surface area contributed by atoms with E-state index in [9.17, 15) is 14.9 Å². The number of amides is 2. The normalized spacial score (nSPS) is 10.0. The van der Waals surface area contributed by atoms with Crippen LogP contribution in [-0.4, -0.2) is 11.0 Å². The highest BCUT2D eigenvalue weighted by molar-refractivity contribution is 5.91. The molecule has 0 fully saturated rings. The van der Waals surface area contributed by atoms with Crippen LogP contribution in [0.3, 0.4) is 0 Å². The number of nitrogens with zero attached hydrogens (tertiary/aromatic N) is 2. The summed E-state index contributed by atoms with van der Waals surface area (Å²) in [4.78, 5) is 22.6. The van der Waals surface area contributed by atoms with E-state index < -0.39 is 11.0 Å². The van der Waals surface area contributed by atoms with Gasteiger partial charge in [-0.1, -0.05) is 36.4 Å². The molecule has 0 bridgehead atoms. The fraction of sp³-hybridized carbons (Fsp3) is 0. The van der Waals surface area contributed by atoms with Gasteiger partial charge in [0, 0.05) is 17.8 Å². The SMILES string of the molecule is O=C(Nc1ccc([N+](=O)[O-])cc1)NN(c1ccccc1)c1ccccc1. The lowest BCUT2D eigenvalue weighted by Gasteiger charge is -2.25. The lowest BCUT2D eigenvalue weighted by atomic mass is 10.2. The van der Waals surface area contributed by atoms with E-state index in [1.807, 2.05) is 60.7 Å². The molecule has 0 aliphatic heterocycles. The predicted octanol–water partition coefficient (Wildman–Crippen LogP) is 4.47. The minimum absolute atomic E-state index is 0.0360. The zero-order valence-electron chi connectivity index (χ0n) is 13.7. The van der Waals surface area contributed by atoms with Crippen molar-refractivity contribution in [1.29, 1.82) is 0 Å². The van der Waals surface area contributed by atoms with Gasteiger partial charge in [-0.05, 0) is 36.4 Å². The second-order valence-corrected chi connectivity index (χ2v) is 5.38. The van der Waals surface area contributed by atoms with Crippen LogP contribution in [0.1, 0.15) is 0 Å². The number of anilines is 3. The van der Waals surface area contributed by atoms with Crippen molar-refractivity contribution in [1.82, 2.24) is 5.43 Å². The first kappa shape index (κ1) is 17.0. The lowest BCUT2D eigenvalue weighted by molar-refractivity contribution is -0.384. The third-order valence-corrected chi connectivity index (χ3v) is 3.58. The number of nitro groups is 1. The van der Waals surface area contributed by atoms with Crippen LogP contribution >= 0.6 is 0 Å². The van der Waals surface area contributed by atoms with Gasteiger partial charge in [-0.2, -0.15) is 0 Å². The summed E-state index contributed by atoms with van der Waals surface area (Å²) in [6.45, 7) is 0. The number of urea groups is 1. The van der Waals surface area contributed by atoms with Gasteiger partial charge in [0.1, 0.15) is 0 Å². The van der Waals surface area contributed by atoms with Crippen LogP contribution in [0.2, 0.25) is 0 Å². The van der Waals surface area contributed by atoms with E-state index in [1.54, 1.807) is 5.01 Å². The molecule has 0 spiro atoms. The third-order valence-electron chi connectivity index (χ3n) is 3.58. The van der Waals surface area contributed by atoms with E-state index in [1.165, 1.54) is 24.3 Å². The summed E-state index contributed by atoms with van der Waals surface area (Å²) in [5.74, 6) is 0. The number of hydrogen-bond donors (Lipinski definition) is 2. The van der Waals surface area contributed by atoms with Crippen molar-refractivity contribution in [3.8, 4) is 0 Å². The summed E-state index contributed by atoms with van der Waals surface area (Å²) >= 11 is 0. The Labute approximate surface area is 150 Å². The first-order chi connectivity index (χ1) is 12.6. The molecule has 3 rings (SSSR count).